The topological polar surface area (TPSA) is 61.0 Å². The lowest BCUT2D eigenvalue weighted by atomic mass is 10.2. The van der Waals surface area contributed by atoms with E-state index < -0.39 is 0 Å². The summed E-state index contributed by atoms with van der Waals surface area (Å²) >= 11 is 1.91. The molecular formula is C18H24N4OS. The van der Waals surface area contributed by atoms with Gasteiger partial charge in [-0.1, -0.05) is 18.2 Å². The van der Waals surface area contributed by atoms with Crippen LogP contribution in [-0.2, 0) is 4.79 Å². The molecule has 0 unspecified atom stereocenters. The molecule has 1 aromatic heterocycles. The number of hydrogen-bond acceptors (Lipinski definition) is 4. The van der Waals surface area contributed by atoms with Crippen molar-refractivity contribution in [1.82, 2.24) is 15.1 Å². The molecule has 24 heavy (non-hydrogen) atoms. The number of hydrogen-bond donors (Lipinski definition) is 2. The second-order valence-electron chi connectivity index (χ2n) is 6.37. The lowest BCUT2D eigenvalue weighted by molar-refractivity contribution is -0.117. The van der Waals surface area contributed by atoms with E-state index in [1.54, 1.807) is 0 Å². The highest BCUT2D eigenvalue weighted by atomic mass is 32.2. The third-order valence-electron chi connectivity index (χ3n) is 4.36. The number of anilines is 1. The van der Waals surface area contributed by atoms with E-state index in [4.69, 9.17) is 0 Å². The number of nitrogens with zero attached hydrogens (tertiary/aromatic N) is 2. The van der Waals surface area contributed by atoms with E-state index in [9.17, 15) is 4.79 Å². The molecule has 2 N–H and O–H groups in total. The average molecular weight is 344 g/mol. The van der Waals surface area contributed by atoms with Crippen molar-refractivity contribution < 1.29 is 4.79 Å². The fraction of sp³-hybridized carbons (Fsp3) is 0.444. The molecule has 2 aromatic rings. The van der Waals surface area contributed by atoms with Gasteiger partial charge >= 0.3 is 0 Å². The zero-order valence-corrected chi connectivity index (χ0v) is 15.0. The van der Waals surface area contributed by atoms with Gasteiger partial charge in [-0.3, -0.25) is 14.8 Å². The van der Waals surface area contributed by atoms with Crippen LogP contribution in [0.3, 0.4) is 0 Å². The zero-order valence-electron chi connectivity index (χ0n) is 14.2. The smallest absolute Gasteiger partial charge is 0.238 e. The van der Waals surface area contributed by atoms with Gasteiger partial charge < -0.3 is 5.32 Å². The Morgan fingerprint density at radius 1 is 1.38 bits per heavy atom. The summed E-state index contributed by atoms with van der Waals surface area (Å²) in [5.41, 5.74) is 2.55. The Labute approximate surface area is 147 Å². The van der Waals surface area contributed by atoms with Crippen molar-refractivity contribution in [2.24, 2.45) is 5.92 Å². The Kier molecular flexibility index (Phi) is 5.58. The van der Waals surface area contributed by atoms with E-state index in [-0.39, 0.29) is 5.91 Å². The molecule has 0 saturated carbocycles. The minimum Gasteiger partial charge on any atom is -0.322 e. The second kappa shape index (κ2) is 7.85. The minimum absolute atomic E-state index is 0.0407. The maximum atomic E-state index is 12.3. The first-order valence-corrected chi connectivity index (χ1v) is 9.32. The molecule has 0 radical (unpaired) electrons. The van der Waals surface area contributed by atoms with Gasteiger partial charge in [0.2, 0.25) is 5.91 Å². The van der Waals surface area contributed by atoms with Gasteiger partial charge in [0.15, 0.2) is 0 Å². The van der Waals surface area contributed by atoms with Crippen LogP contribution >= 0.6 is 11.8 Å². The Morgan fingerprint density at radius 3 is 2.88 bits per heavy atom. The van der Waals surface area contributed by atoms with Crippen LogP contribution in [-0.4, -0.2) is 46.4 Å². The first-order chi connectivity index (χ1) is 11.6. The van der Waals surface area contributed by atoms with Crippen molar-refractivity contribution >= 4 is 23.4 Å². The first kappa shape index (κ1) is 17.0. The average Bonchev–Trinajstić information content (AvgIpc) is 3.15. The van der Waals surface area contributed by atoms with Gasteiger partial charge in [-0.2, -0.15) is 5.10 Å². The maximum Gasteiger partial charge on any atom is 0.238 e. The summed E-state index contributed by atoms with van der Waals surface area (Å²) in [6.45, 7) is 6.26. The van der Waals surface area contributed by atoms with Crippen molar-refractivity contribution in [1.29, 1.82) is 0 Å². The highest BCUT2D eigenvalue weighted by Gasteiger charge is 2.24. The number of carbonyl (C=O) groups is 1. The molecule has 0 bridgehead atoms. The quantitative estimate of drug-likeness (QED) is 0.791. The first-order valence-electron chi connectivity index (χ1n) is 8.33. The van der Waals surface area contributed by atoms with Gasteiger partial charge in [-0.05, 0) is 44.9 Å². The monoisotopic (exact) mass is 344 g/mol. The Bertz CT molecular complexity index is 666. The molecule has 1 atom stereocenters. The van der Waals surface area contributed by atoms with Crippen LogP contribution in [0.5, 0.6) is 0 Å². The molecule has 1 aliphatic heterocycles. The number of nitrogens with one attached hydrogen (secondary N) is 2. The van der Waals surface area contributed by atoms with Crippen LogP contribution in [0.4, 0.5) is 5.69 Å². The number of aromatic amines is 1. The van der Waals surface area contributed by atoms with Crippen LogP contribution in [0.15, 0.2) is 35.2 Å². The van der Waals surface area contributed by atoms with Crippen molar-refractivity contribution in [2.75, 3.05) is 30.7 Å². The predicted molar refractivity (Wildman–Crippen MR) is 98.4 cm³/mol. The van der Waals surface area contributed by atoms with Gasteiger partial charge in [-0.25, -0.2) is 0 Å². The van der Waals surface area contributed by atoms with Crippen molar-refractivity contribution in [3.8, 4) is 0 Å². The van der Waals surface area contributed by atoms with Gasteiger partial charge in [0.1, 0.15) is 0 Å². The summed E-state index contributed by atoms with van der Waals surface area (Å²) in [5.74, 6) is 1.81. The number of benzene rings is 1. The van der Waals surface area contributed by atoms with E-state index >= 15 is 0 Å². The molecule has 128 valence electrons. The number of H-pyrrole nitrogens is 1. The largest absolute Gasteiger partial charge is 0.322 e. The fourth-order valence-electron chi connectivity index (χ4n) is 3.04. The fourth-order valence-corrected chi connectivity index (χ4v) is 4.09. The Morgan fingerprint density at radius 2 is 2.17 bits per heavy atom. The van der Waals surface area contributed by atoms with E-state index in [1.165, 1.54) is 4.90 Å². The second-order valence-corrected chi connectivity index (χ2v) is 7.46. The third kappa shape index (κ3) is 4.39. The molecule has 6 heteroatoms. The SMILES string of the molecule is Cc1n[nH]c(C)c1NC(=O)CN1CC[C@@H](CSc2ccccc2)C1. The van der Waals surface area contributed by atoms with E-state index in [1.807, 2.05) is 31.7 Å². The number of amides is 1. The van der Waals surface area contributed by atoms with Crippen LogP contribution in [0.1, 0.15) is 17.8 Å². The number of rotatable bonds is 6. The van der Waals surface area contributed by atoms with Crippen molar-refractivity contribution in [3.63, 3.8) is 0 Å². The Hall–Kier alpha value is -1.79. The third-order valence-corrected chi connectivity index (χ3v) is 5.60. The molecule has 1 aromatic carbocycles. The summed E-state index contributed by atoms with van der Waals surface area (Å²) in [6, 6.07) is 10.5. The van der Waals surface area contributed by atoms with Gasteiger partial charge in [0.25, 0.3) is 0 Å². The molecular weight excluding hydrogens is 320 g/mol. The van der Waals surface area contributed by atoms with E-state index in [0.717, 1.165) is 42.3 Å². The molecule has 0 aliphatic carbocycles. The highest BCUT2D eigenvalue weighted by molar-refractivity contribution is 7.99. The number of likely N-dealkylation sites (tertiary alicyclic amines) is 1. The standard InChI is InChI=1S/C18H24N4OS/c1-13-18(14(2)21-20-13)19-17(23)11-22-9-8-15(10-22)12-24-16-6-4-3-5-7-16/h3-7,15H,8-12H2,1-2H3,(H,19,23)(H,20,21)/t15-/m1/s1. The van der Waals surface area contributed by atoms with Crippen LogP contribution in [0.2, 0.25) is 0 Å². The van der Waals surface area contributed by atoms with Crippen molar-refractivity contribution in [3.05, 3.63) is 41.7 Å². The number of aryl methyl sites for hydroxylation is 2. The normalized spacial score (nSPS) is 18.0. The molecule has 1 fully saturated rings. The number of aromatic nitrogens is 2. The molecule has 1 aliphatic rings. The molecule has 0 spiro atoms. The predicted octanol–water partition coefficient (Wildman–Crippen LogP) is 3.08. The summed E-state index contributed by atoms with van der Waals surface area (Å²) in [4.78, 5) is 15.8. The Balaban J connectivity index is 1.43. The molecule has 1 saturated heterocycles. The highest BCUT2D eigenvalue weighted by Crippen LogP contribution is 2.25. The number of carbonyl (C=O) groups excluding carboxylic acids is 1. The lowest BCUT2D eigenvalue weighted by Crippen LogP contribution is -2.32. The molecule has 5 nitrogen and oxygen atoms in total. The molecule has 3 rings (SSSR count). The number of thioether (sulfide) groups is 1. The van der Waals surface area contributed by atoms with Crippen LogP contribution < -0.4 is 5.32 Å². The minimum atomic E-state index is 0.0407. The molecule has 2 heterocycles. The van der Waals surface area contributed by atoms with Gasteiger partial charge in [-0.15, -0.1) is 11.8 Å². The van der Waals surface area contributed by atoms with E-state index in [2.05, 4.69) is 44.7 Å². The van der Waals surface area contributed by atoms with Crippen molar-refractivity contribution in [2.45, 2.75) is 25.2 Å². The lowest BCUT2D eigenvalue weighted by Gasteiger charge is -2.15. The summed E-state index contributed by atoms with van der Waals surface area (Å²) in [7, 11) is 0. The van der Waals surface area contributed by atoms with Crippen LogP contribution in [0, 0.1) is 19.8 Å². The van der Waals surface area contributed by atoms with Gasteiger partial charge in [0, 0.05) is 17.2 Å². The van der Waals surface area contributed by atoms with Crippen LogP contribution in [0.25, 0.3) is 0 Å². The molecule has 1 amide bonds. The van der Waals surface area contributed by atoms with E-state index in [0.29, 0.717) is 12.5 Å². The summed E-state index contributed by atoms with van der Waals surface area (Å²) in [5, 5.41) is 9.98. The summed E-state index contributed by atoms with van der Waals surface area (Å²) < 4.78 is 0. The zero-order chi connectivity index (χ0) is 16.9. The summed E-state index contributed by atoms with van der Waals surface area (Å²) in [6.07, 6.45) is 1.16. The van der Waals surface area contributed by atoms with Gasteiger partial charge in [0.05, 0.1) is 23.6 Å². The maximum absolute atomic E-state index is 12.3.